The SMILES string of the molecule is O=S(=O)(NCCc1cccs1)c1ccc(Cl)cc1F. The molecule has 0 bridgehead atoms. The lowest BCUT2D eigenvalue weighted by atomic mass is 10.3. The van der Waals surface area contributed by atoms with Crippen molar-refractivity contribution < 1.29 is 12.8 Å². The molecule has 2 rings (SSSR count). The maximum atomic E-state index is 13.5. The molecule has 0 radical (unpaired) electrons. The fourth-order valence-corrected chi connectivity index (χ4v) is 3.49. The molecule has 1 aromatic heterocycles. The van der Waals surface area contributed by atoms with Crippen molar-refractivity contribution in [1.82, 2.24) is 4.72 Å². The summed E-state index contributed by atoms with van der Waals surface area (Å²) >= 11 is 7.13. The van der Waals surface area contributed by atoms with Crippen molar-refractivity contribution in [1.29, 1.82) is 0 Å². The van der Waals surface area contributed by atoms with E-state index in [0.717, 1.165) is 17.0 Å². The van der Waals surface area contributed by atoms with Crippen molar-refractivity contribution in [3.63, 3.8) is 0 Å². The zero-order valence-electron chi connectivity index (χ0n) is 9.77. The van der Waals surface area contributed by atoms with Crippen LogP contribution in [-0.2, 0) is 16.4 Å². The first-order valence-electron chi connectivity index (χ1n) is 5.46. The molecule has 1 aromatic carbocycles. The van der Waals surface area contributed by atoms with Gasteiger partial charge in [0.25, 0.3) is 0 Å². The molecule has 102 valence electrons. The number of benzene rings is 1. The van der Waals surface area contributed by atoms with E-state index < -0.39 is 15.8 Å². The maximum absolute atomic E-state index is 13.5. The van der Waals surface area contributed by atoms with Crippen LogP contribution in [0.15, 0.2) is 40.6 Å². The first kappa shape index (κ1) is 14.5. The van der Waals surface area contributed by atoms with Gasteiger partial charge in [0.15, 0.2) is 0 Å². The van der Waals surface area contributed by atoms with Crippen molar-refractivity contribution in [2.24, 2.45) is 0 Å². The van der Waals surface area contributed by atoms with Crippen LogP contribution in [0.3, 0.4) is 0 Å². The molecule has 0 spiro atoms. The van der Waals surface area contributed by atoms with Gasteiger partial charge in [0.2, 0.25) is 10.0 Å². The standard InChI is InChI=1S/C12H11ClFNO2S2/c13-9-3-4-12(11(14)8-9)19(16,17)15-6-5-10-2-1-7-18-10/h1-4,7-8,15H,5-6H2. The first-order chi connectivity index (χ1) is 8.99. The monoisotopic (exact) mass is 319 g/mol. The number of sulfonamides is 1. The van der Waals surface area contributed by atoms with Crippen LogP contribution in [0.1, 0.15) is 4.88 Å². The molecule has 1 N–H and O–H groups in total. The van der Waals surface area contributed by atoms with Crippen molar-refractivity contribution in [2.75, 3.05) is 6.54 Å². The van der Waals surface area contributed by atoms with Crippen LogP contribution in [0.4, 0.5) is 4.39 Å². The molecule has 0 aliphatic rings. The molecular formula is C12H11ClFNO2S2. The second-order valence-electron chi connectivity index (χ2n) is 3.80. The summed E-state index contributed by atoms with van der Waals surface area (Å²) in [5, 5.41) is 2.08. The van der Waals surface area contributed by atoms with Crippen LogP contribution < -0.4 is 4.72 Å². The Kier molecular flexibility index (Phi) is 4.57. The van der Waals surface area contributed by atoms with Gasteiger partial charge in [0.05, 0.1) is 0 Å². The quantitative estimate of drug-likeness (QED) is 0.920. The number of nitrogens with one attached hydrogen (secondary N) is 1. The highest BCUT2D eigenvalue weighted by molar-refractivity contribution is 7.89. The predicted molar refractivity (Wildman–Crippen MR) is 74.6 cm³/mol. The smallest absolute Gasteiger partial charge is 0.211 e. The average molecular weight is 320 g/mol. The van der Waals surface area contributed by atoms with Gasteiger partial charge in [-0.05, 0) is 36.1 Å². The minimum Gasteiger partial charge on any atom is -0.211 e. The number of hydrogen-bond acceptors (Lipinski definition) is 3. The largest absolute Gasteiger partial charge is 0.243 e. The van der Waals surface area contributed by atoms with Crippen LogP contribution in [-0.4, -0.2) is 15.0 Å². The van der Waals surface area contributed by atoms with Gasteiger partial charge in [-0.15, -0.1) is 11.3 Å². The third-order valence-corrected chi connectivity index (χ3v) is 5.09. The third-order valence-electron chi connectivity index (χ3n) is 2.43. The molecule has 0 saturated heterocycles. The highest BCUT2D eigenvalue weighted by atomic mass is 35.5. The lowest BCUT2D eigenvalue weighted by Gasteiger charge is -2.07. The van der Waals surface area contributed by atoms with Crippen LogP contribution in [0.25, 0.3) is 0 Å². The molecular weight excluding hydrogens is 309 g/mol. The Bertz CT molecular complexity index is 656. The zero-order valence-corrected chi connectivity index (χ0v) is 12.2. The molecule has 2 aromatic rings. The van der Waals surface area contributed by atoms with E-state index in [1.165, 1.54) is 6.07 Å². The van der Waals surface area contributed by atoms with Gasteiger partial charge in [-0.1, -0.05) is 17.7 Å². The summed E-state index contributed by atoms with van der Waals surface area (Å²) in [5.41, 5.74) is 0. The molecule has 0 unspecified atom stereocenters. The van der Waals surface area contributed by atoms with Gasteiger partial charge in [0, 0.05) is 16.4 Å². The molecule has 0 atom stereocenters. The number of halogens is 2. The van der Waals surface area contributed by atoms with Crippen molar-refractivity contribution in [3.8, 4) is 0 Å². The molecule has 0 fully saturated rings. The Morgan fingerprint density at radius 1 is 1.32 bits per heavy atom. The van der Waals surface area contributed by atoms with Gasteiger partial charge in [-0.25, -0.2) is 17.5 Å². The van der Waals surface area contributed by atoms with Gasteiger partial charge >= 0.3 is 0 Å². The summed E-state index contributed by atoms with van der Waals surface area (Å²) in [4.78, 5) is 0.683. The Balaban J connectivity index is 2.05. The fourth-order valence-electron chi connectivity index (χ4n) is 1.53. The van der Waals surface area contributed by atoms with E-state index in [2.05, 4.69) is 4.72 Å². The molecule has 0 amide bonds. The van der Waals surface area contributed by atoms with Crippen molar-refractivity contribution in [3.05, 3.63) is 51.4 Å². The Morgan fingerprint density at radius 3 is 2.74 bits per heavy atom. The molecule has 0 aliphatic carbocycles. The lowest BCUT2D eigenvalue weighted by Crippen LogP contribution is -2.26. The summed E-state index contributed by atoms with van der Waals surface area (Å²) < 4.78 is 39.7. The third kappa shape index (κ3) is 3.76. The summed E-state index contributed by atoms with van der Waals surface area (Å²) in [5.74, 6) is -0.851. The molecule has 19 heavy (non-hydrogen) atoms. The maximum Gasteiger partial charge on any atom is 0.243 e. The van der Waals surface area contributed by atoms with Gasteiger partial charge in [-0.2, -0.15) is 0 Å². The minimum atomic E-state index is -3.84. The normalized spacial score (nSPS) is 11.7. The summed E-state index contributed by atoms with van der Waals surface area (Å²) in [7, 11) is -3.84. The highest BCUT2D eigenvalue weighted by Gasteiger charge is 2.18. The topological polar surface area (TPSA) is 46.2 Å². The van der Waals surface area contributed by atoms with Gasteiger partial charge < -0.3 is 0 Å². The van der Waals surface area contributed by atoms with Gasteiger partial charge in [0.1, 0.15) is 10.7 Å². The van der Waals surface area contributed by atoms with E-state index in [4.69, 9.17) is 11.6 Å². The average Bonchev–Trinajstić information content (AvgIpc) is 2.81. The molecule has 3 nitrogen and oxygen atoms in total. The summed E-state index contributed by atoms with van der Waals surface area (Å²) in [6, 6.07) is 7.30. The van der Waals surface area contributed by atoms with Crippen LogP contribution in [0.5, 0.6) is 0 Å². The Labute approximate surface area is 120 Å². The summed E-state index contributed by atoms with van der Waals surface area (Å²) in [6.45, 7) is 0.227. The second kappa shape index (κ2) is 6.00. The minimum absolute atomic E-state index is 0.162. The van der Waals surface area contributed by atoms with E-state index >= 15 is 0 Å². The van der Waals surface area contributed by atoms with E-state index in [-0.39, 0.29) is 16.5 Å². The second-order valence-corrected chi connectivity index (χ2v) is 7.01. The number of hydrogen-bond donors (Lipinski definition) is 1. The van der Waals surface area contributed by atoms with E-state index in [1.807, 2.05) is 17.5 Å². The Hall–Kier alpha value is -0.950. The highest BCUT2D eigenvalue weighted by Crippen LogP contribution is 2.18. The lowest BCUT2D eigenvalue weighted by molar-refractivity contribution is 0.557. The van der Waals surface area contributed by atoms with E-state index in [1.54, 1.807) is 11.3 Å². The van der Waals surface area contributed by atoms with Crippen LogP contribution in [0, 0.1) is 5.82 Å². The van der Waals surface area contributed by atoms with E-state index in [9.17, 15) is 12.8 Å². The van der Waals surface area contributed by atoms with E-state index in [0.29, 0.717) is 6.42 Å². The molecule has 1 heterocycles. The van der Waals surface area contributed by atoms with Crippen LogP contribution >= 0.6 is 22.9 Å². The Morgan fingerprint density at radius 2 is 2.11 bits per heavy atom. The summed E-state index contributed by atoms with van der Waals surface area (Å²) in [6.07, 6.45) is 0.576. The molecule has 7 heteroatoms. The van der Waals surface area contributed by atoms with Gasteiger partial charge in [-0.3, -0.25) is 0 Å². The fraction of sp³-hybridized carbons (Fsp3) is 0.167. The molecule has 0 saturated carbocycles. The number of rotatable bonds is 5. The van der Waals surface area contributed by atoms with Crippen molar-refractivity contribution in [2.45, 2.75) is 11.3 Å². The number of thiophene rings is 1. The first-order valence-corrected chi connectivity index (χ1v) is 8.20. The zero-order chi connectivity index (χ0) is 13.9. The molecule has 0 aliphatic heterocycles. The van der Waals surface area contributed by atoms with Crippen molar-refractivity contribution >= 4 is 33.0 Å². The predicted octanol–water partition coefficient (Wildman–Crippen LogP) is 3.06. The van der Waals surface area contributed by atoms with Crippen LogP contribution in [0.2, 0.25) is 5.02 Å².